The minimum absolute atomic E-state index is 0. The first-order valence-corrected chi connectivity index (χ1v) is 19.9. The molecule has 24 heteroatoms. The number of unbranched alkanes of at least 4 members (excludes halogenated alkanes) is 3. The first kappa shape index (κ1) is 54.0. The number of alkyl halides is 6. The maximum Gasteiger partial charge on any atom is 2.00 e. The van der Waals surface area contributed by atoms with Gasteiger partial charge in [-0.3, -0.25) is 15.0 Å². The maximum atomic E-state index is 13.2. The van der Waals surface area contributed by atoms with Crippen LogP contribution in [0.5, 0.6) is 11.5 Å². The van der Waals surface area contributed by atoms with Crippen LogP contribution in [0.15, 0.2) is 91.3 Å². The Morgan fingerprint density at radius 2 is 1.04 bits per heavy atom. The number of fused-ring (bicyclic) bond motifs is 1. The number of nitrogens with zero attached hydrogens (tertiary/aromatic N) is 8. The average Bonchev–Trinajstić information content (AvgIpc) is 4.10. The first-order valence-electron chi connectivity index (χ1n) is 19.1. The van der Waals surface area contributed by atoms with Crippen LogP contribution in [0.25, 0.3) is 56.0 Å². The Morgan fingerprint density at radius 1 is 0.597 bits per heavy atom. The Labute approximate surface area is 392 Å². The van der Waals surface area contributed by atoms with Crippen LogP contribution in [0.3, 0.4) is 0 Å². The van der Waals surface area contributed by atoms with E-state index in [0.717, 1.165) is 71.9 Å². The van der Waals surface area contributed by atoms with Gasteiger partial charge in [-0.1, -0.05) is 55.8 Å². The summed E-state index contributed by atoms with van der Waals surface area (Å²) in [6.07, 6.45) is -0.277. The predicted octanol–water partition coefficient (Wildman–Crippen LogP) is 8.23. The summed E-state index contributed by atoms with van der Waals surface area (Å²) in [5, 5.41) is 13.6. The molecule has 348 valence electrons. The number of rotatable bonds is 10. The molecular formula is C43H32F6N8O8RuS. The van der Waals surface area contributed by atoms with Crippen molar-refractivity contribution in [1.82, 2.24) is 40.3 Å². The molecule has 7 aromatic rings. The van der Waals surface area contributed by atoms with E-state index in [9.17, 15) is 26.3 Å². The van der Waals surface area contributed by atoms with Gasteiger partial charge in [0.1, 0.15) is 24.6 Å². The molecule has 0 aliphatic carbocycles. The smallest absolute Gasteiger partial charge is 0.573 e. The summed E-state index contributed by atoms with van der Waals surface area (Å²) < 4.78 is 90.9. The summed E-state index contributed by atoms with van der Waals surface area (Å²) in [5.41, 5.74) is 1.07. The van der Waals surface area contributed by atoms with Gasteiger partial charge < -0.3 is 29.9 Å². The van der Waals surface area contributed by atoms with Gasteiger partial charge in [-0.15, -0.1) is 11.3 Å². The van der Waals surface area contributed by atoms with Crippen LogP contribution >= 0.6 is 11.3 Å². The molecule has 8 heterocycles. The second kappa shape index (κ2) is 26.6. The van der Waals surface area contributed by atoms with E-state index < -0.39 is 23.7 Å². The third-order valence-electron chi connectivity index (χ3n) is 8.60. The zero-order chi connectivity index (χ0) is 48.1. The number of ether oxygens (including phenoxy) is 2. The fourth-order valence-corrected chi connectivity index (χ4v) is 7.08. The van der Waals surface area contributed by atoms with Crippen LogP contribution in [0.4, 0.5) is 26.3 Å². The molecule has 0 unspecified atom stereocenters. The molecule has 16 nitrogen and oxygen atoms in total. The minimum atomic E-state index is -4.73. The zero-order valence-electron chi connectivity index (χ0n) is 34.5. The second-order valence-corrected chi connectivity index (χ2v) is 14.1. The summed E-state index contributed by atoms with van der Waals surface area (Å²) in [7, 11) is 0. The van der Waals surface area contributed by atoms with Crippen molar-refractivity contribution >= 4 is 29.8 Å². The minimum Gasteiger partial charge on any atom is -0.573 e. The largest absolute Gasteiger partial charge is 2.00 e. The number of thiophene rings is 1. The average molecular weight is 1040 g/mol. The van der Waals surface area contributed by atoms with Gasteiger partial charge >= 0.3 is 50.3 Å². The summed E-state index contributed by atoms with van der Waals surface area (Å²) in [5.74, 6) is 1.09. The predicted molar refractivity (Wildman–Crippen MR) is 215 cm³/mol. The van der Waals surface area contributed by atoms with Gasteiger partial charge in [-0.05, 0) is 79.1 Å². The van der Waals surface area contributed by atoms with Gasteiger partial charge in [-0.25, -0.2) is 4.98 Å². The Kier molecular flexibility index (Phi) is 21.4. The summed E-state index contributed by atoms with van der Waals surface area (Å²) in [6.45, 7) is 2.78. The van der Waals surface area contributed by atoms with Crippen molar-refractivity contribution in [3.8, 4) is 67.5 Å². The molecule has 8 rings (SSSR count). The first-order chi connectivity index (χ1) is 31.7. The molecule has 1 aliphatic heterocycles. The molecule has 7 aromatic heterocycles. The molecule has 0 saturated carbocycles. The second-order valence-electron chi connectivity index (χ2n) is 13.0. The third-order valence-corrected chi connectivity index (χ3v) is 9.86. The summed E-state index contributed by atoms with van der Waals surface area (Å²) in [4.78, 5) is 67.8. The number of hydrogen-bond acceptors (Lipinski definition) is 15. The number of hydrogen-bond donors (Lipinski definition) is 0. The number of pyridine rings is 4. The number of halogens is 6. The number of carbonyl (C=O) groups excluding carboxylic acids is 6. The number of aromatic nitrogens is 8. The summed E-state index contributed by atoms with van der Waals surface area (Å²) in [6, 6.07) is 21.9. The van der Waals surface area contributed by atoms with Gasteiger partial charge in [0.05, 0.1) is 43.9 Å². The van der Waals surface area contributed by atoms with E-state index in [2.05, 4.69) is 47.3 Å². The molecule has 1 aliphatic rings. The van der Waals surface area contributed by atoms with Crippen molar-refractivity contribution in [1.29, 1.82) is 0 Å². The molecule has 0 atom stereocenters. The SMILES string of the molecule is CCCCCCc1sc(-c2cc(-c3cc(C(F)(F)F)n[n-]3)nc(-c3cc(C(F)(F)F)n[n-]3)c2)c2c1OCCO2.O=C=O.O=C=O.O=C=O.[Ru+2].c1ccc(-c2cccc(-c3ccccn3)n2)nc1. The van der Waals surface area contributed by atoms with Crippen LogP contribution in [-0.4, -0.2) is 61.8 Å². The molecule has 0 amide bonds. The topological polar surface area (TPSA) is 226 Å². The zero-order valence-corrected chi connectivity index (χ0v) is 37.0. The molecule has 67 heavy (non-hydrogen) atoms. The van der Waals surface area contributed by atoms with E-state index in [1.54, 1.807) is 12.4 Å². The van der Waals surface area contributed by atoms with Crippen molar-refractivity contribution < 1.29 is 84.1 Å². The quantitative estimate of drug-likeness (QED) is 0.0714. The van der Waals surface area contributed by atoms with Gasteiger partial charge in [0.25, 0.3) is 0 Å². The monoisotopic (exact) mass is 1040 g/mol. The molecule has 0 radical (unpaired) electrons. The van der Waals surface area contributed by atoms with Crippen molar-refractivity contribution in [2.75, 3.05) is 13.2 Å². The van der Waals surface area contributed by atoms with Crippen molar-refractivity contribution in [2.45, 2.75) is 51.4 Å². The van der Waals surface area contributed by atoms with Crippen LogP contribution in [0.2, 0.25) is 0 Å². The fraction of sp³-hybridized carbons (Fsp3) is 0.233. The van der Waals surface area contributed by atoms with Crippen molar-refractivity contribution in [3.63, 3.8) is 0 Å². The number of aryl methyl sites for hydroxylation is 1. The summed E-state index contributed by atoms with van der Waals surface area (Å²) >= 11 is 1.40. The molecule has 0 bridgehead atoms. The van der Waals surface area contributed by atoms with E-state index in [-0.39, 0.29) is 60.7 Å². The van der Waals surface area contributed by atoms with E-state index in [4.69, 9.17) is 38.2 Å². The Morgan fingerprint density at radius 3 is 1.46 bits per heavy atom. The molecule has 0 fully saturated rings. The van der Waals surface area contributed by atoms with E-state index >= 15 is 0 Å². The van der Waals surface area contributed by atoms with Crippen molar-refractivity contribution in [2.24, 2.45) is 0 Å². The molecule has 0 N–H and O–H groups in total. The fourth-order valence-electron chi connectivity index (χ4n) is 5.87. The van der Waals surface area contributed by atoms with Gasteiger partial charge in [0.15, 0.2) is 11.5 Å². The van der Waals surface area contributed by atoms with Crippen LogP contribution in [0.1, 0.15) is 48.9 Å². The van der Waals surface area contributed by atoms with Gasteiger partial charge in [0.2, 0.25) is 0 Å². The van der Waals surface area contributed by atoms with Crippen LogP contribution in [-0.2, 0) is 67.0 Å². The van der Waals surface area contributed by atoms with E-state index in [1.807, 2.05) is 54.6 Å². The Hall–Kier alpha value is -7.34. The standard InChI is InChI=1S/C25H21F6N5O2S.C15H11N3.3CO2.Ru/c1-2-3-4-5-6-18-21-22(38-8-7-37-21)23(39-18)13-9-14(16-11-19(35-33-16)24(26,27)28)32-15(10-13)17-12-20(36-34-17)25(29,30)31;1-3-10-16-12(6-1)14-8-5-9-15(18-14)13-7-2-4-11-17-13;3*2-1-3;/h9-12H,2-8H2,1H3;1-11H;;;;/q-2;;;;;+2. The van der Waals surface area contributed by atoms with E-state index in [1.165, 1.54) is 23.5 Å². The van der Waals surface area contributed by atoms with E-state index in [0.29, 0.717) is 35.2 Å². The van der Waals surface area contributed by atoms with Crippen molar-refractivity contribution in [3.05, 3.63) is 108 Å². The third kappa shape index (κ3) is 15.7. The molecule has 0 saturated heterocycles. The molecular weight excluding hydrogens is 1000 g/mol. The Bertz CT molecular complexity index is 2580. The van der Waals surface area contributed by atoms with Gasteiger partial charge in [0, 0.05) is 12.4 Å². The molecule has 0 aromatic carbocycles. The normalized spacial score (nSPS) is 11.1. The maximum absolute atomic E-state index is 13.2. The van der Waals surface area contributed by atoms with Crippen LogP contribution in [0, 0.1) is 0 Å². The Balaban J connectivity index is 0.000000351. The van der Waals surface area contributed by atoms with Gasteiger partial charge in [-0.2, -0.15) is 55.1 Å². The molecule has 0 spiro atoms. The van der Waals surface area contributed by atoms with Crippen LogP contribution < -0.4 is 19.7 Å².